The van der Waals surface area contributed by atoms with Crippen LogP contribution in [0.3, 0.4) is 0 Å². The molecule has 4 heteroatoms. The molecule has 0 spiro atoms. The number of hydrazine groups is 1. The van der Waals surface area contributed by atoms with Crippen molar-refractivity contribution in [3.63, 3.8) is 0 Å². The first-order chi connectivity index (χ1) is 8.70. The summed E-state index contributed by atoms with van der Waals surface area (Å²) < 4.78 is 0. The maximum Gasteiger partial charge on any atom is 0.237 e. The third-order valence-electron chi connectivity index (χ3n) is 3.64. The summed E-state index contributed by atoms with van der Waals surface area (Å²) in [5.74, 6) is 5.01. The zero-order chi connectivity index (χ0) is 13.0. The number of hydrogen-bond acceptors (Lipinski definition) is 3. The Hall–Kier alpha value is -1.39. The van der Waals surface area contributed by atoms with E-state index in [2.05, 4.69) is 34.6 Å². The van der Waals surface area contributed by atoms with Gasteiger partial charge in [-0.25, -0.2) is 5.84 Å². The molecular formula is C14H21N3O. The third kappa shape index (κ3) is 3.09. The zero-order valence-electron chi connectivity index (χ0n) is 10.9. The van der Waals surface area contributed by atoms with Gasteiger partial charge in [0.2, 0.25) is 5.91 Å². The van der Waals surface area contributed by atoms with Crippen LogP contribution in [0.2, 0.25) is 0 Å². The Balaban J connectivity index is 1.94. The second-order valence-corrected chi connectivity index (χ2v) is 4.98. The Labute approximate surface area is 108 Å². The lowest BCUT2D eigenvalue weighted by atomic mass is 10.0. The summed E-state index contributed by atoms with van der Waals surface area (Å²) in [5.41, 5.74) is 5.10. The molecule has 4 nitrogen and oxygen atoms in total. The van der Waals surface area contributed by atoms with E-state index >= 15 is 0 Å². The predicted molar refractivity (Wildman–Crippen MR) is 71.8 cm³/mol. The highest BCUT2D eigenvalue weighted by molar-refractivity contribution is 5.77. The minimum Gasteiger partial charge on any atom is -0.302 e. The molecule has 1 aromatic rings. The molecule has 18 heavy (non-hydrogen) atoms. The van der Waals surface area contributed by atoms with Gasteiger partial charge in [-0.05, 0) is 24.0 Å². The number of rotatable bonds is 3. The molecule has 0 radical (unpaired) electrons. The molecule has 1 aliphatic heterocycles. The fourth-order valence-corrected chi connectivity index (χ4v) is 2.51. The normalized spacial score (nSPS) is 17.7. The van der Waals surface area contributed by atoms with E-state index in [-0.39, 0.29) is 11.8 Å². The van der Waals surface area contributed by atoms with Crippen molar-refractivity contribution < 1.29 is 4.79 Å². The Bertz CT molecular complexity index is 392. The van der Waals surface area contributed by atoms with Gasteiger partial charge in [-0.15, -0.1) is 0 Å². The van der Waals surface area contributed by atoms with Crippen molar-refractivity contribution in [1.29, 1.82) is 0 Å². The zero-order valence-corrected chi connectivity index (χ0v) is 10.9. The second kappa shape index (κ2) is 5.98. The van der Waals surface area contributed by atoms with Crippen LogP contribution in [0.4, 0.5) is 0 Å². The topological polar surface area (TPSA) is 58.4 Å². The van der Waals surface area contributed by atoms with E-state index in [1.165, 1.54) is 11.1 Å². The van der Waals surface area contributed by atoms with Crippen LogP contribution in [0, 0.1) is 5.92 Å². The lowest BCUT2D eigenvalue weighted by Crippen LogP contribution is -2.41. The maximum atomic E-state index is 11.4. The molecule has 1 aromatic carbocycles. The van der Waals surface area contributed by atoms with Crippen molar-refractivity contribution >= 4 is 5.91 Å². The van der Waals surface area contributed by atoms with Gasteiger partial charge in [0.25, 0.3) is 0 Å². The van der Waals surface area contributed by atoms with Crippen molar-refractivity contribution in [1.82, 2.24) is 10.3 Å². The summed E-state index contributed by atoms with van der Waals surface area (Å²) in [5, 5.41) is 0. The van der Waals surface area contributed by atoms with Crippen LogP contribution in [0.1, 0.15) is 18.1 Å². The van der Waals surface area contributed by atoms with Crippen LogP contribution in [0.15, 0.2) is 24.3 Å². The Kier molecular flexibility index (Phi) is 4.33. The summed E-state index contributed by atoms with van der Waals surface area (Å²) >= 11 is 0. The van der Waals surface area contributed by atoms with Crippen LogP contribution in [0.5, 0.6) is 0 Å². The molecule has 0 aliphatic carbocycles. The van der Waals surface area contributed by atoms with Crippen molar-refractivity contribution in [2.24, 2.45) is 11.8 Å². The van der Waals surface area contributed by atoms with Crippen molar-refractivity contribution in [2.45, 2.75) is 19.8 Å². The van der Waals surface area contributed by atoms with Gasteiger partial charge in [-0.3, -0.25) is 10.2 Å². The molecule has 0 saturated heterocycles. The first kappa shape index (κ1) is 13.1. The van der Waals surface area contributed by atoms with Crippen LogP contribution >= 0.6 is 0 Å². The largest absolute Gasteiger partial charge is 0.302 e. The fraction of sp³-hybridized carbons (Fsp3) is 0.500. The summed E-state index contributed by atoms with van der Waals surface area (Å²) in [6, 6.07) is 8.60. The summed E-state index contributed by atoms with van der Waals surface area (Å²) in [4.78, 5) is 13.8. The molecule has 0 aromatic heterocycles. The number of benzene rings is 1. The molecule has 1 heterocycles. The highest BCUT2D eigenvalue weighted by Crippen LogP contribution is 2.16. The van der Waals surface area contributed by atoms with Crippen molar-refractivity contribution in [3.05, 3.63) is 35.4 Å². The lowest BCUT2D eigenvalue weighted by Gasteiger charge is -2.22. The Morgan fingerprint density at radius 2 is 1.89 bits per heavy atom. The molecule has 98 valence electrons. The molecule has 3 N–H and O–H groups in total. The molecular weight excluding hydrogens is 226 g/mol. The molecule has 0 fully saturated rings. The van der Waals surface area contributed by atoms with Crippen LogP contribution < -0.4 is 11.3 Å². The van der Waals surface area contributed by atoms with Crippen LogP contribution in [0.25, 0.3) is 0 Å². The highest BCUT2D eigenvalue weighted by atomic mass is 16.2. The average Bonchev–Trinajstić information content (AvgIpc) is 2.61. The first-order valence-corrected chi connectivity index (χ1v) is 6.50. The molecule has 1 atom stereocenters. The minimum absolute atomic E-state index is 0.0591. The number of amides is 1. The SMILES string of the molecule is CC(CN1CCc2ccccc2CC1)C(=O)NN. The summed E-state index contributed by atoms with van der Waals surface area (Å²) in [6.07, 6.45) is 2.13. The van der Waals surface area contributed by atoms with E-state index in [1.54, 1.807) is 0 Å². The summed E-state index contributed by atoms with van der Waals surface area (Å²) in [6.45, 7) is 4.72. The standard InChI is InChI=1S/C14H21N3O/c1-11(14(18)16-15)10-17-8-6-12-4-2-3-5-13(12)7-9-17/h2-5,11H,6-10,15H2,1H3,(H,16,18). The second-order valence-electron chi connectivity index (χ2n) is 4.98. The minimum atomic E-state index is -0.0863. The van der Waals surface area contributed by atoms with E-state index in [9.17, 15) is 4.79 Å². The van der Waals surface area contributed by atoms with Crippen LogP contribution in [-0.2, 0) is 17.6 Å². The van der Waals surface area contributed by atoms with E-state index in [1.807, 2.05) is 6.92 Å². The van der Waals surface area contributed by atoms with E-state index in [0.29, 0.717) is 0 Å². The predicted octanol–water partition coefficient (Wildman–Crippen LogP) is 0.713. The highest BCUT2D eigenvalue weighted by Gasteiger charge is 2.18. The number of hydrogen-bond donors (Lipinski definition) is 2. The Morgan fingerprint density at radius 3 is 2.39 bits per heavy atom. The lowest BCUT2D eigenvalue weighted by molar-refractivity contribution is -0.125. The van der Waals surface area contributed by atoms with E-state index in [0.717, 1.165) is 32.5 Å². The smallest absolute Gasteiger partial charge is 0.237 e. The molecule has 1 amide bonds. The van der Waals surface area contributed by atoms with Gasteiger partial charge in [-0.2, -0.15) is 0 Å². The number of nitrogens with zero attached hydrogens (tertiary/aromatic N) is 1. The number of nitrogens with one attached hydrogen (secondary N) is 1. The number of fused-ring (bicyclic) bond motifs is 1. The monoisotopic (exact) mass is 247 g/mol. The average molecular weight is 247 g/mol. The quantitative estimate of drug-likeness (QED) is 0.470. The molecule has 0 bridgehead atoms. The maximum absolute atomic E-state index is 11.4. The van der Waals surface area contributed by atoms with Gasteiger partial charge >= 0.3 is 0 Å². The third-order valence-corrected chi connectivity index (χ3v) is 3.64. The van der Waals surface area contributed by atoms with Crippen LogP contribution in [-0.4, -0.2) is 30.4 Å². The van der Waals surface area contributed by atoms with E-state index in [4.69, 9.17) is 5.84 Å². The van der Waals surface area contributed by atoms with E-state index < -0.39 is 0 Å². The van der Waals surface area contributed by atoms with Gasteiger partial charge in [0, 0.05) is 25.6 Å². The van der Waals surface area contributed by atoms with Gasteiger partial charge < -0.3 is 4.90 Å². The summed E-state index contributed by atoms with van der Waals surface area (Å²) in [7, 11) is 0. The molecule has 1 unspecified atom stereocenters. The van der Waals surface area contributed by atoms with Gasteiger partial charge in [0.05, 0.1) is 0 Å². The molecule has 1 aliphatic rings. The molecule has 0 saturated carbocycles. The van der Waals surface area contributed by atoms with Crippen molar-refractivity contribution in [3.8, 4) is 0 Å². The fourth-order valence-electron chi connectivity index (χ4n) is 2.51. The number of carbonyl (C=O) groups is 1. The van der Waals surface area contributed by atoms with Gasteiger partial charge in [0.1, 0.15) is 0 Å². The number of nitrogens with two attached hydrogens (primary N) is 1. The Morgan fingerprint density at radius 1 is 1.33 bits per heavy atom. The number of carbonyl (C=O) groups excluding carboxylic acids is 1. The molecule has 2 rings (SSSR count). The van der Waals surface area contributed by atoms with Crippen molar-refractivity contribution in [2.75, 3.05) is 19.6 Å². The first-order valence-electron chi connectivity index (χ1n) is 6.50. The van der Waals surface area contributed by atoms with Gasteiger partial charge in [0.15, 0.2) is 0 Å². The van der Waals surface area contributed by atoms with Gasteiger partial charge in [-0.1, -0.05) is 31.2 Å².